The van der Waals surface area contributed by atoms with Gasteiger partial charge < -0.3 is 10.0 Å². The van der Waals surface area contributed by atoms with Crippen molar-refractivity contribution in [2.24, 2.45) is 5.92 Å². The number of piperidine rings is 1. The average molecular weight is 291 g/mol. The van der Waals surface area contributed by atoms with Crippen molar-refractivity contribution in [2.75, 3.05) is 18.0 Å². The van der Waals surface area contributed by atoms with Crippen molar-refractivity contribution in [3.8, 4) is 0 Å². The Morgan fingerprint density at radius 3 is 2.30 bits per heavy atom. The van der Waals surface area contributed by atoms with Crippen LogP contribution >= 0.6 is 0 Å². The van der Waals surface area contributed by atoms with Crippen LogP contribution in [0.2, 0.25) is 0 Å². The molecule has 1 atom stereocenters. The van der Waals surface area contributed by atoms with Crippen molar-refractivity contribution in [3.05, 3.63) is 29.6 Å². The molecule has 1 aliphatic heterocycles. The first-order chi connectivity index (χ1) is 9.29. The predicted octanol–water partition coefficient (Wildman–Crippen LogP) is 3.66. The highest BCUT2D eigenvalue weighted by atomic mass is 19.4. The third kappa shape index (κ3) is 3.23. The zero-order valence-electron chi connectivity index (χ0n) is 11.1. The maximum atomic E-state index is 14.0. The molecule has 0 bridgehead atoms. The van der Waals surface area contributed by atoms with Gasteiger partial charge in [-0.05, 0) is 37.5 Å². The molecule has 1 aromatic carbocycles. The summed E-state index contributed by atoms with van der Waals surface area (Å²) < 4.78 is 51.7. The molecule has 1 aliphatic rings. The molecule has 2 nitrogen and oxygen atoms in total. The molecule has 6 heteroatoms. The molecule has 1 heterocycles. The SMILES string of the molecule is C[C@H](O)c1ccc(N2CCC(C(F)(F)F)CC2)c(F)c1. The average Bonchev–Trinajstić information content (AvgIpc) is 2.37. The summed E-state index contributed by atoms with van der Waals surface area (Å²) >= 11 is 0. The Bertz CT molecular complexity index is 465. The van der Waals surface area contributed by atoms with Crippen LogP contribution in [0.3, 0.4) is 0 Å². The second-order valence-electron chi connectivity index (χ2n) is 5.19. The number of aliphatic hydroxyl groups excluding tert-OH is 1. The van der Waals surface area contributed by atoms with Gasteiger partial charge in [0.2, 0.25) is 0 Å². The van der Waals surface area contributed by atoms with Crippen LogP contribution in [-0.4, -0.2) is 24.4 Å². The minimum absolute atomic E-state index is 0.0128. The molecule has 0 unspecified atom stereocenters. The number of aliphatic hydroxyl groups is 1. The van der Waals surface area contributed by atoms with Gasteiger partial charge in [0.25, 0.3) is 0 Å². The normalized spacial score (nSPS) is 19.2. The summed E-state index contributed by atoms with van der Waals surface area (Å²) in [6, 6.07) is 4.35. The van der Waals surface area contributed by atoms with Gasteiger partial charge in [-0.15, -0.1) is 0 Å². The van der Waals surface area contributed by atoms with Crippen molar-refractivity contribution in [2.45, 2.75) is 32.0 Å². The maximum absolute atomic E-state index is 14.0. The fraction of sp³-hybridized carbons (Fsp3) is 0.571. The second kappa shape index (κ2) is 5.60. The van der Waals surface area contributed by atoms with Gasteiger partial charge in [-0.3, -0.25) is 0 Å². The van der Waals surface area contributed by atoms with Gasteiger partial charge in [0, 0.05) is 13.1 Å². The van der Waals surface area contributed by atoms with Crippen molar-refractivity contribution < 1.29 is 22.7 Å². The van der Waals surface area contributed by atoms with Crippen LogP contribution in [0.4, 0.5) is 23.2 Å². The number of nitrogens with zero attached hydrogens (tertiary/aromatic N) is 1. The summed E-state index contributed by atoms with van der Waals surface area (Å²) in [4.78, 5) is 1.63. The summed E-state index contributed by atoms with van der Waals surface area (Å²) in [5, 5.41) is 9.37. The van der Waals surface area contributed by atoms with Crippen molar-refractivity contribution in [1.82, 2.24) is 0 Å². The van der Waals surface area contributed by atoms with Crippen molar-refractivity contribution >= 4 is 5.69 Å². The summed E-state index contributed by atoms with van der Waals surface area (Å²) in [6.45, 7) is 1.91. The standard InChI is InChI=1S/C14H17F4NO/c1-9(20)10-2-3-13(12(15)8-10)19-6-4-11(5-7-19)14(16,17)18/h2-3,8-9,11,20H,4-7H2,1H3/t9-/m0/s1. The van der Waals surface area contributed by atoms with Gasteiger partial charge in [-0.25, -0.2) is 4.39 Å². The highest BCUT2D eigenvalue weighted by Gasteiger charge is 2.41. The molecule has 0 aromatic heterocycles. The lowest BCUT2D eigenvalue weighted by Gasteiger charge is -2.34. The first-order valence-electron chi connectivity index (χ1n) is 6.58. The smallest absolute Gasteiger partial charge is 0.389 e. The van der Waals surface area contributed by atoms with Gasteiger partial charge in [-0.1, -0.05) is 6.07 Å². The molecule has 0 amide bonds. The largest absolute Gasteiger partial charge is 0.391 e. The lowest BCUT2D eigenvalue weighted by Crippen LogP contribution is -2.39. The second-order valence-corrected chi connectivity index (χ2v) is 5.19. The third-order valence-corrected chi connectivity index (χ3v) is 3.75. The number of rotatable bonds is 2. The summed E-state index contributed by atoms with van der Waals surface area (Å²) in [7, 11) is 0. The van der Waals surface area contributed by atoms with Gasteiger partial charge >= 0.3 is 6.18 Å². The molecule has 2 rings (SSSR count). The zero-order valence-corrected chi connectivity index (χ0v) is 11.1. The Hall–Kier alpha value is -1.30. The molecule has 1 fully saturated rings. The molecule has 0 spiro atoms. The van der Waals surface area contributed by atoms with Crippen LogP contribution in [0, 0.1) is 11.7 Å². The molecule has 0 saturated carbocycles. The summed E-state index contributed by atoms with van der Waals surface area (Å²) in [5.74, 6) is -1.80. The number of anilines is 1. The van der Waals surface area contributed by atoms with E-state index in [1.54, 1.807) is 11.0 Å². The van der Waals surface area contributed by atoms with Crippen LogP contribution in [0.5, 0.6) is 0 Å². The molecular weight excluding hydrogens is 274 g/mol. The van der Waals surface area contributed by atoms with E-state index in [9.17, 15) is 22.7 Å². The van der Waals surface area contributed by atoms with Crippen LogP contribution < -0.4 is 4.90 Å². The lowest BCUT2D eigenvalue weighted by molar-refractivity contribution is -0.179. The van der Waals surface area contributed by atoms with Crippen LogP contribution in [-0.2, 0) is 0 Å². The zero-order chi connectivity index (χ0) is 14.9. The van der Waals surface area contributed by atoms with E-state index in [2.05, 4.69) is 0 Å². The Labute approximate surface area is 115 Å². The topological polar surface area (TPSA) is 23.5 Å². The number of halogens is 4. The minimum atomic E-state index is -4.17. The van der Waals surface area contributed by atoms with Crippen LogP contribution in [0.15, 0.2) is 18.2 Å². The van der Waals surface area contributed by atoms with Crippen LogP contribution in [0.1, 0.15) is 31.4 Å². The molecular formula is C14H17F4NO. The van der Waals surface area contributed by atoms with E-state index >= 15 is 0 Å². The van der Waals surface area contributed by atoms with E-state index in [0.717, 1.165) is 0 Å². The van der Waals surface area contributed by atoms with E-state index in [1.807, 2.05) is 0 Å². The van der Waals surface area contributed by atoms with E-state index in [1.165, 1.54) is 19.1 Å². The van der Waals surface area contributed by atoms with Gasteiger partial charge in [0.05, 0.1) is 17.7 Å². The molecule has 1 N–H and O–H groups in total. The van der Waals surface area contributed by atoms with E-state index < -0.39 is 24.0 Å². The quantitative estimate of drug-likeness (QED) is 0.841. The van der Waals surface area contributed by atoms with Gasteiger partial charge in [0.15, 0.2) is 0 Å². The first kappa shape index (κ1) is 15.1. The van der Waals surface area contributed by atoms with Crippen LogP contribution in [0.25, 0.3) is 0 Å². The van der Waals surface area contributed by atoms with E-state index in [4.69, 9.17) is 0 Å². The van der Waals surface area contributed by atoms with Gasteiger partial charge in [-0.2, -0.15) is 13.2 Å². The first-order valence-corrected chi connectivity index (χ1v) is 6.58. The number of hydrogen-bond acceptors (Lipinski definition) is 2. The Morgan fingerprint density at radius 1 is 1.25 bits per heavy atom. The monoisotopic (exact) mass is 291 g/mol. The highest BCUT2D eigenvalue weighted by molar-refractivity contribution is 5.49. The molecule has 112 valence electrons. The van der Waals surface area contributed by atoms with Crippen molar-refractivity contribution in [3.63, 3.8) is 0 Å². The van der Waals surface area contributed by atoms with E-state index in [-0.39, 0.29) is 25.9 Å². The number of benzene rings is 1. The fourth-order valence-corrected chi connectivity index (χ4v) is 2.49. The maximum Gasteiger partial charge on any atom is 0.391 e. The minimum Gasteiger partial charge on any atom is -0.389 e. The fourth-order valence-electron chi connectivity index (χ4n) is 2.49. The third-order valence-electron chi connectivity index (χ3n) is 3.75. The Kier molecular flexibility index (Phi) is 4.22. The Morgan fingerprint density at radius 2 is 1.85 bits per heavy atom. The number of hydrogen-bond donors (Lipinski definition) is 1. The highest BCUT2D eigenvalue weighted by Crippen LogP contribution is 2.36. The van der Waals surface area contributed by atoms with Crippen molar-refractivity contribution in [1.29, 1.82) is 0 Å². The molecule has 1 saturated heterocycles. The molecule has 20 heavy (non-hydrogen) atoms. The molecule has 0 aliphatic carbocycles. The molecule has 0 radical (unpaired) electrons. The van der Waals surface area contributed by atoms with E-state index in [0.29, 0.717) is 11.3 Å². The van der Waals surface area contributed by atoms with Gasteiger partial charge in [0.1, 0.15) is 5.82 Å². The molecule has 1 aromatic rings. The number of alkyl halides is 3. The Balaban J connectivity index is 2.07. The lowest BCUT2D eigenvalue weighted by atomic mass is 9.95. The summed E-state index contributed by atoms with van der Waals surface area (Å²) in [6.07, 6.45) is -4.96. The predicted molar refractivity (Wildman–Crippen MR) is 68.0 cm³/mol. The summed E-state index contributed by atoms with van der Waals surface area (Å²) in [5.41, 5.74) is 0.756.